The van der Waals surface area contributed by atoms with Crippen molar-refractivity contribution in [2.24, 2.45) is 0 Å². The van der Waals surface area contributed by atoms with Gasteiger partial charge in [0.05, 0.1) is 18.9 Å². The maximum Gasteiger partial charge on any atom is 0.254 e. The lowest BCUT2D eigenvalue weighted by molar-refractivity contribution is -0.129. The molecule has 2 aliphatic heterocycles. The number of aromatic nitrogens is 2. The van der Waals surface area contributed by atoms with Crippen LogP contribution in [-0.2, 0) is 14.3 Å². The maximum absolute atomic E-state index is 12.7. The van der Waals surface area contributed by atoms with Crippen molar-refractivity contribution in [1.82, 2.24) is 24.7 Å². The summed E-state index contributed by atoms with van der Waals surface area (Å²) in [6.07, 6.45) is 5.63. The average Bonchev–Trinajstić information content (AvgIpc) is 3.19. The van der Waals surface area contributed by atoms with Crippen molar-refractivity contribution in [3.8, 4) is 0 Å². The molecule has 2 fully saturated rings. The molecule has 4 rings (SSSR count). The summed E-state index contributed by atoms with van der Waals surface area (Å²) in [4.78, 5) is 43.7. The molecule has 3 heterocycles. The maximum atomic E-state index is 12.7. The van der Waals surface area contributed by atoms with Crippen molar-refractivity contribution < 1.29 is 19.1 Å². The van der Waals surface area contributed by atoms with Gasteiger partial charge in [0, 0.05) is 62.7 Å². The number of morpholine rings is 1. The molecule has 2 saturated heterocycles. The molecule has 0 saturated carbocycles. The third-order valence-electron chi connectivity index (χ3n) is 6.56. The quantitative estimate of drug-likeness (QED) is 0.589. The number of anilines is 2. The van der Waals surface area contributed by atoms with Crippen molar-refractivity contribution >= 4 is 35.9 Å². The van der Waals surface area contributed by atoms with Gasteiger partial charge >= 0.3 is 0 Å². The third-order valence-corrected chi connectivity index (χ3v) is 6.56. The van der Waals surface area contributed by atoms with Gasteiger partial charge in [-0.2, -0.15) is 0 Å². The minimum Gasteiger partial charge on any atom is -0.378 e. The van der Waals surface area contributed by atoms with Crippen molar-refractivity contribution in [2.45, 2.75) is 32.6 Å². The summed E-state index contributed by atoms with van der Waals surface area (Å²) in [5.41, 5.74) is 2.36. The Hall–Kier alpha value is -3.66. The lowest BCUT2D eigenvalue weighted by Crippen LogP contribution is -2.40. The van der Waals surface area contributed by atoms with E-state index >= 15 is 0 Å². The summed E-state index contributed by atoms with van der Waals surface area (Å²) in [5, 5.41) is 5.92. The summed E-state index contributed by atoms with van der Waals surface area (Å²) in [6.45, 7) is 7.31. The first-order valence-corrected chi connectivity index (χ1v) is 11.9. The predicted octanol–water partition coefficient (Wildman–Crippen LogP) is 2.31. The Morgan fingerprint density at radius 3 is 2.37 bits per heavy atom. The number of amides is 3. The largest absolute Gasteiger partial charge is 0.378 e. The topological polar surface area (TPSA) is 109 Å². The molecule has 0 unspecified atom stereocenters. The molecular weight excluding hydrogens is 448 g/mol. The fourth-order valence-electron chi connectivity index (χ4n) is 4.52. The molecule has 10 nitrogen and oxygen atoms in total. The number of nitrogens with one attached hydrogen (secondary N) is 2. The Morgan fingerprint density at radius 2 is 1.74 bits per heavy atom. The molecule has 10 heteroatoms. The highest BCUT2D eigenvalue weighted by Crippen LogP contribution is 2.32. The van der Waals surface area contributed by atoms with E-state index in [4.69, 9.17) is 9.72 Å². The molecule has 0 atom stereocenters. The van der Waals surface area contributed by atoms with Crippen LogP contribution >= 0.6 is 0 Å². The fraction of sp³-hybridized carbons (Fsp3) is 0.440. The summed E-state index contributed by atoms with van der Waals surface area (Å²) in [7, 11) is 0. The second-order valence-electron chi connectivity index (χ2n) is 8.76. The van der Waals surface area contributed by atoms with E-state index in [9.17, 15) is 14.4 Å². The van der Waals surface area contributed by atoms with Crippen LogP contribution in [0, 0.1) is 6.92 Å². The van der Waals surface area contributed by atoms with E-state index < -0.39 is 0 Å². The van der Waals surface area contributed by atoms with Gasteiger partial charge in [-0.05, 0) is 44.0 Å². The number of benzene rings is 1. The third kappa shape index (κ3) is 5.71. The van der Waals surface area contributed by atoms with Gasteiger partial charge in [-0.3, -0.25) is 14.4 Å². The van der Waals surface area contributed by atoms with Crippen LogP contribution in [0.4, 0.5) is 11.5 Å². The van der Waals surface area contributed by atoms with Gasteiger partial charge in [0.2, 0.25) is 12.3 Å². The van der Waals surface area contributed by atoms with Crippen LogP contribution < -0.4 is 10.6 Å². The van der Waals surface area contributed by atoms with E-state index in [1.165, 1.54) is 0 Å². The minimum absolute atomic E-state index is 0.00677. The molecule has 0 radical (unpaired) electrons. The first-order valence-electron chi connectivity index (χ1n) is 11.9. The Balaban J connectivity index is 1.52. The van der Waals surface area contributed by atoms with Crippen LogP contribution in [0.25, 0.3) is 6.20 Å². The Kier molecular flexibility index (Phi) is 7.81. The number of hydrogen-bond acceptors (Lipinski definition) is 6. The number of carbonyl (C=O) groups is 3. The van der Waals surface area contributed by atoms with Crippen molar-refractivity contribution in [3.05, 3.63) is 47.5 Å². The second-order valence-corrected chi connectivity index (χ2v) is 8.76. The van der Waals surface area contributed by atoms with Gasteiger partial charge in [0.15, 0.2) is 5.82 Å². The molecule has 0 spiro atoms. The van der Waals surface area contributed by atoms with Crippen LogP contribution in [0.5, 0.6) is 0 Å². The molecule has 186 valence electrons. The van der Waals surface area contributed by atoms with Crippen molar-refractivity contribution in [3.63, 3.8) is 0 Å². The lowest BCUT2D eigenvalue weighted by Gasteiger charge is -2.31. The highest BCUT2D eigenvalue weighted by Gasteiger charge is 2.27. The van der Waals surface area contributed by atoms with E-state index in [-0.39, 0.29) is 17.7 Å². The van der Waals surface area contributed by atoms with Gasteiger partial charge < -0.3 is 29.7 Å². The number of ether oxygens (including phenoxy) is 1. The molecule has 2 N–H and O–H groups in total. The molecular formula is C25H32N6O4. The zero-order valence-electron chi connectivity index (χ0n) is 20.2. The molecule has 35 heavy (non-hydrogen) atoms. The van der Waals surface area contributed by atoms with E-state index in [0.29, 0.717) is 57.2 Å². The van der Waals surface area contributed by atoms with Crippen molar-refractivity contribution in [2.75, 3.05) is 44.7 Å². The molecule has 1 aromatic carbocycles. The summed E-state index contributed by atoms with van der Waals surface area (Å²) in [6, 6.07) is 7.39. The standard InChI is InChI=1S/C25H32N6O4/c1-18-23(27-22-5-3-21(4-6-22)25(34)30-13-15-35-16-14-30)28-24(31(18)12-9-26-17-32)20-7-10-29(11-8-20)19(2)33/h3-6,9,12,17,20,27H,7-8,10-11,13-16H2,1-2H3,(H,26,32)/b12-9-. The first-order chi connectivity index (χ1) is 17.0. The van der Waals surface area contributed by atoms with E-state index in [0.717, 1.165) is 30.0 Å². The van der Waals surface area contributed by atoms with Gasteiger partial charge in [-0.15, -0.1) is 0 Å². The smallest absolute Gasteiger partial charge is 0.254 e. The molecule has 1 aromatic heterocycles. The van der Waals surface area contributed by atoms with Crippen LogP contribution in [-0.4, -0.2) is 77.0 Å². The fourth-order valence-corrected chi connectivity index (χ4v) is 4.52. The van der Waals surface area contributed by atoms with E-state index in [1.54, 1.807) is 24.2 Å². The number of piperidine rings is 1. The number of carbonyl (C=O) groups excluding carboxylic acids is 3. The first kappa shape index (κ1) is 24.5. The molecule has 0 bridgehead atoms. The Morgan fingerprint density at radius 1 is 1.06 bits per heavy atom. The highest BCUT2D eigenvalue weighted by molar-refractivity contribution is 5.94. The van der Waals surface area contributed by atoms with E-state index in [1.807, 2.05) is 40.7 Å². The Labute approximate surface area is 204 Å². The molecule has 3 amide bonds. The van der Waals surface area contributed by atoms with Crippen LogP contribution in [0.15, 0.2) is 30.5 Å². The number of hydrogen-bond donors (Lipinski definition) is 2. The summed E-state index contributed by atoms with van der Waals surface area (Å²) >= 11 is 0. The predicted molar refractivity (Wildman–Crippen MR) is 132 cm³/mol. The monoisotopic (exact) mass is 480 g/mol. The SMILES string of the molecule is CC(=O)N1CCC(c2nc(Nc3ccc(C(=O)N4CCOCC4)cc3)c(C)n2/C=C\NC=O)CC1. The second kappa shape index (κ2) is 11.2. The normalized spacial score (nSPS) is 17.0. The molecule has 2 aromatic rings. The molecule has 0 aliphatic carbocycles. The Bertz CT molecular complexity index is 1080. The van der Waals surface area contributed by atoms with Gasteiger partial charge in [0.25, 0.3) is 5.91 Å². The zero-order valence-corrected chi connectivity index (χ0v) is 20.2. The van der Waals surface area contributed by atoms with Gasteiger partial charge in [-0.1, -0.05) is 0 Å². The highest BCUT2D eigenvalue weighted by atomic mass is 16.5. The minimum atomic E-state index is 0.00677. The van der Waals surface area contributed by atoms with E-state index in [2.05, 4.69) is 10.6 Å². The van der Waals surface area contributed by atoms with Gasteiger partial charge in [0.1, 0.15) is 5.82 Å². The number of rotatable bonds is 7. The molecule has 2 aliphatic rings. The summed E-state index contributed by atoms with van der Waals surface area (Å²) in [5.74, 6) is 1.88. The van der Waals surface area contributed by atoms with Crippen LogP contribution in [0.3, 0.4) is 0 Å². The van der Waals surface area contributed by atoms with Gasteiger partial charge in [-0.25, -0.2) is 4.98 Å². The van der Waals surface area contributed by atoms with Crippen molar-refractivity contribution in [1.29, 1.82) is 0 Å². The summed E-state index contributed by atoms with van der Waals surface area (Å²) < 4.78 is 7.30. The number of imidazole rings is 1. The zero-order chi connectivity index (χ0) is 24.8. The average molecular weight is 481 g/mol. The van der Waals surface area contributed by atoms with Crippen LogP contribution in [0.2, 0.25) is 0 Å². The van der Waals surface area contributed by atoms with Crippen LogP contribution in [0.1, 0.15) is 47.6 Å². The number of likely N-dealkylation sites (tertiary alicyclic amines) is 1. The number of nitrogens with zero attached hydrogens (tertiary/aromatic N) is 4. The lowest BCUT2D eigenvalue weighted by atomic mass is 9.96.